The van der Waals surface area contributed by atoms with Gasteiger partial charge in [-0.3, -0.25) is 0 Å². The Morgan fingerprint density at radius 1 is 0.680 bits per heavy atom. The summed E-state index contributed by atoms with van der Waals surface area (Å²) in [7, 11) is 0. The zero-order valence-corrected chi connectivity index (χ0v) is 15.8. The summed E-state index contributed by atoms with van der Waals surface area (Å²) in [6.45, 7) is 11.3. The van der Waals surface area contributed by atoms with Crippen LogP contribution in [0.15, 0.2) is 0 Å². The minimum atomic E-state index is -0.533. The van der Waals surface area contributed by atoms with Crippen LogP contribution in [0.4, 0.5) is 4.79 Å². The van der Waals surface area contributed by atoms with E-state index in [4.69, 9.17) is 28.4 Å². The van der Waals surface area contributed by atoms with Crippen LogP contribution < -0.4 is 0 Å². The van der Waals surface area contributed by atoms with Crippen LogP contribution in [0.3, 0.4) is 0 Å². The predicted octanol–water partition coefficient (Wildman–Crippen LogP) is 1.32. The van der Waals surface area contributed by atoms with Crippen molar-refractivity contribution in [2.75, 3.05) is 79.2 Å². The van der Waals surface area contributed by atoms with E-state index in [9.17, 15) is 4.79 Å². The second-order valence-electron chi connectivity index (χ2n) is 6.53. The second kappa shape index (κ2) is 13.3. The van der Waals surface area contributed by atoms with Crippen molar-refractivity contribution in [3.05, 3.63) is 0 Å². The maximum Gasteiger partial charge on any atom is 0.410 e. The van der Waals surface area contributed by atoms with E-state index in [1.807, 2.05) is 20.8 Å². The molecule has 0 saturated carbocycles. The van der Waals surface area contributed by atoms with Gasteiger partial charge in [0.05, 0.1) is 66.1 Å². The number of amides is 1. The third-order valence-electron chi connectivity index (χ3n) is 3.15. The monoisotopic (exact) mass is 363 g/mol. The summed E-state index contributed by atoms with van der Waals surface area (Å²) >= 11 is 0. The highest BCUT2D eigenvalue weighted by Crippen LogP contribution is 2.09. The first kappa shape index (κ1) is 22.1. The van der Waals surface area contributed by atoms with Crippen LogP contribution in [0.2, 0.25) is 0 Å². The molecule has 8 heteroatoms. The molecule has 1 fully saturated rings. The Hall–Kier alpha value is -0.930. The van der Waals surface area contributed by atoms with Crippen molar-refractivity contribution >= 4 is 6.09 Å². The summed E-state index contributed by atoms with van der Waals surface area (Å²) in [6.07, 6.45) is -0.362. The van der Waals surface area contributed by atoms with Crippen molar-refractivity contribution in [3.63, 3.8) is 0 Å². The van der Waals surface area contributed by atoms with Gasteiger partial charge in [0.15, 0.2) is 0 Å². The Labute approximate surface area is 150 Å². The van der Waals surface area contributed by atoms with E-state index >= 15 is 0 Å². The highest BCUT2D eigenvalue weighted by Gasteiger charge is 2.21. The first-order valence-corrected chi connectivity index (χ1v) is 8.86. The lowest BCUT2D eigenvalue weighted by Crippen LogP contribution is -2.40. The number of hydrogen-bond donors (Lipinski definition) is 0. The van der Waals surface area contributed by atoms with Gasteiger partial charge < -0.3 is 33.3 Å². The summed E-state index contributed by atoms with van der Waals surface area (Å²) in [6, 6.07) is 0. The summed E-state index contributed by atoms with van der Waals surface area (Å²) in [5.74, 6) is 0. The lowest BCUT2D eigenvalue weighted by molar-refractivity contribution is -0.0227. The first-order chi connectivity index (χ1) is 12.0. The lowest BCUT2D eigenvalue weighted by Gasteiger charge is -2.27. The SMILES string of the molecule is CC(C)(C)OC(=O)N1CCOCCOCCOCCOCCOCC1. The maximum absolute atomic E-state index is 12.3. The number of hydrogen-bond acceptors (Lipinski definition) is 7. The predicted molar refractivity (Wildman–Crippen MR) is 91.9 cm³/mol. The van der Waals surface area contributed by atoms with Crippen LogP contribution in [0.1, 0.15) is 20.8 Å². The minimum absolute atomic E-state index is 0.362. The fraction of sp³-hybridized carbons (Fsp3) is 0.941. The molecule has 1 heterocycles. The minimum Gasteiger partial charge on any atom is -0.444 e. The van der Waals surface area contributed by atoms with Crippen LogP contribution in [0, 0.1) is 0 Å². The Morgan fingerprint density at radius 3 is 1.32 bits per heavy atom. The number of ether oxygens (including phenoxy) is 6. The molecule has 0 bridgehead atoms. The average Bonchev–Trinajstić information content (AvgIpc) is 2.53. The van der Waals surface area contributed by atoms with Crippen LogP contribution >= 0.6 is 0 Å². The first-order valence-electron chi connectivity index (χ1n) is 8.86. The van der Waals surface area contributed by atoms with Crippen molar-refractivity contribution < 1.29 is 33.2 Å². The second-order valence-corrected chi connectivity index (χ2v) is 6.53. The van der Waals surface area contributed by atoms with Gasteiger partial charge in [-0.15, -0.1) is 0 Å². The van der Waals surface area contributed by atoms with Crippen molar-refractivity contribution in [1.29, 1.82) is 0 Å². The number of rotatable bonds is 0. The fourth-order valence-electron chi connectivity index (χ4n) is 1.95. The average molecular weight is 363 g/mol. The molecular weight excluding hydrogens is 330 g/mol. The molecule has 0 aromatic carbocycles. The molecular formula is C17H33NO7. The molecule has 25 heavy (non-hydrogen) atoms. The fourth-order valence-corrected chi connectivity index (χ4v) is 1.95. The molecule has 0 atom stereocenters. The van der Waals surface area contributed by atoms with E-state index < -0.39 is 5.60 Å². The number of carbonyl (C=O) groups is 1. The van der Waals surface area contributed by atoms with E-state index in [-0.39, 0.29) is 6.09 Å². The van der Waals surface area contributed by atoms with E-state index in [2.05, 4.69) is 0 Å². The van der Waals surface area contributed by atoms with Crippen LogP contribution in [0.25, 0.3) is 0 Å². The smallest absolute Gasteiger partial charge is 0.410 e. The number of carbonyl (C=O) groups excluding carboxylic acids is 1. The molecule has 0 aromatic rings. The molecule has 0 aromatic heterocycles. The van der Waals surface area contributed by atoms with Crippen molar-refractivity contribution in [1.82, 2.24) is 4.90 Å². The van der Waals surface area contributed by atoms with E-state index in [0.717, 1.165) is 0 Å². The molecule has 0 N–H and O–H groups in total. The summed E-state index contributed by atoms with van der Waals surface area (Å²) in [5, 5.41) is 0. The molecule has 0 unspecified atom stereocenters. The van der Waals surface area contributed by atoms with Gasteiger partial charge in [0.1, 0.15) is 5.60 Å². The highest BCUT2D eigenvalue weighted by atomic mass is 16.6. The van der Waals surface area contributed by atoms with Gasteiger partial charge in [-0.05, 0) is 20.8 Å². The normalized spacial score (nSPS) is 21.2. The summed E-state index contributed by atoms with van der Waals surface area (Å²) < 4.78 is 32.6. The van der Waals surface area contributed by atoms with E-state index in [1.54, 1.807) is 4.90 Å². The molecule has 0 radical (unpaired) electrons. The summed E-state index contributed by atoms with van der Waals surface area (Å²) in [4.78, 5) is 13.9. The Kier molecular flexibility index (Phi) is 11.8. The lowest BCUT2D eigenvalue weighted by atomic mass is 10.2. The van der Waals surface area contributed by atoms with Gasteiger partial charge in [0.25, 0.3) is 0 Å². The molecule has 1 amide bonds. The molecule has 1 rings (SSSR count). The van der Waals surface area contributed by atoms with Crippen LogP contribution in [-0.2, 0) is 28.4 Å². The van der Waals surface area contributed by atoms with E-state index in [0.29, 0.717) is 79.2 Å². The molecule has 8 nitrogen and oxygen atoms in total. The summed E-state index contributed by atoms with van der Waals surface area (Å²) in [5.41, 5.74) is -0.533. The Balaban J connectivity index is 2.40. The Bertz CT molecular complexity index is 328. The van der Waals surface area contributed by atoms with Crippen molar-refractivity contribution in [2.45, 2.75) is 26.4 Å². The molecule has 0 spiro atoms. The third kappa shape index (κ3) is 13.0. The highest BCUT2D eigenvalue weighted by molar-refractivity contribution is 5.68. The maximum atomic E-state index is 12.3. The van der Waals surface area contributed by atoms with Crippen LogP contribution in [-0.4, -0.2) is 95.8 Å². The van der Waals surface area contributed by atoms with Gasteiger partial charge in [-0.1, -0.05) is 0 Å². The Morgan fingerprint density at radius 2 is 1.00 bits per heavy atom. The zero-order valence-electron chi connectivity index (χ0n) is 15.8. The van der Waals surface area contributed by atoms with Gasteiger partial charge in [-0.2, -0.15) is 0 Å². The largest absolute Gasteiger partial charge is 0.444 e. The van der Waals surface area contributed by atoms with Gasteiger partial charge in [-0.25, -0.2) is 4.79 Å². The standard InChI is InChI=1S/C17H33NO7/c1-17(2,3)25-16(19)18-4-6-20-8-10-22-12-14-24-15-13-23-11-9-21-7-5-18/h4-15H2,1-3H3. The quantitative estimate of drug-likeness (QED) is 0.642. The van der Waals surface area contributed by atoms with Gasteiger partial charge in [0.2, 0.25) is 0 Å². The molecule has 1 aliphatic heterocycles. The number of nitrogens with zero attached hydrogens (tertiary/aromatic N) is 1. The molecule has 0 aliphatic carbocycles. The van der Waals surface area contributed by atoms with Crippen molar-refractivity contribution in [3.8, 4) is 0 Å². The molecule has 1 aliphatic rings. The van der Waals surface area contributed by atoms with Gasteiger partial charge in [0, 0.05) is 13.1 Å². The molecule has 148 valence electrons. The third-order valence-corrected chi connectivity index (χ3v) is 3.15. The van der Waals surface area contributed by atoms with Crippen molar-refractivity contribution in [2.24, 2.45) is 0 Å². The zero-order chi connectivity index (χ0) is 18.4. The topological polar surface area (TPSA) is 75.7 Å². The van der Waals surface area contributed by atoms with Gasteiger partial charge >= 0.3 is 6.09 Å². The van der Waals surface area contributed by atoms with E-state index in [1.165, 1.54) is 0 Å². The molecule has 1 saturated heterocycles. The van der Waals surface area contributed by atoms with Crippen LogP contribution in [0.5, 0.6) is 0 Å².